The van der Waals surface area contributed by atoms with Gasteiger partial charge >= 0.3 is 18.4 Å². The van der Waals surface area contributed by atoms with E-state index in [1.807, 2.05) is 0 Å². The summed E-state index contributed by atoms with van der Waals surface area (Å²) >= 11 is 1.21. The Morgan fingerprint density at radius 3 is 2.46 bits per heavy atom. The lowest BCUT2D eigenvalue weighted by molar-refractivity contribution is -0.337. The third kappa shape index (κ3) is 5.39. The van der Waals surface area contributed by atoms with E-state index in [0.29, 0.717) is 17.0 Å². The van der Waals surface area contributed by atoms with Crippen LogP contribution in [0.25, 0.3) is 21.7 Å². The molecule has 1 amide bonds. The molecule has 3 saturated heterocycles. The summed E-state index contributed by atoms with van der Waals surface area (Å²) in [6, 6.07) is 1.81. The molecular formula is C24H25F5N4O5S. The molecule has 3 aliphatic heterocycles. The second-order valence-corrected chi connectivity index (χ2v) is 11.3. The number of halogens is 5. The van der Waals surface area contributed by atoms with E-state index in [4.69, 9.17) is 14.3 Å². The van der Waals surface area contributed by atoms with Gasteiger partial charge in [0, 0.05) is 30.2 Å². The Morgan fingerprint density at radius 2 is 1.90 bits per heavy atom. The van der Waals surface area contributed by atoms with Gasteiger partial charge in [0.25, 0.3) is 6.01 Å². The molecule has 39 heavy (non-hydrogen) atoms. The number of benzene rings is 1. The lowest BCUT2D eigenvalue weighted by Crippen LogP contribution is -2.70. The molecule has 15 heteroatoms. The van der Waals surface area contributed by atoms with E-state index in [0.717, 1.165) is 6.07 Å². The van der Waals surface area contributed by atoms with Crippen molar-refractivity contribution in [2.45, 2.75) is 63.3 Å². The first-order valence-corrected chi connectivity index (χ1v) is 12.9. The third-order valence-electron chi connectivity index (χ3n) is 6.35. The molecule has 0 saturated carbocycles. The molecule has 3 aromatic rings. The summed E-state index contributed by atoms with van der Waals surface area (Å²) in [5.74, 6) is 0. The molecule has 1 N–H and O–H groups in total. The summed E-state index contributed by atoms with van der Waals surface area (Å²) in [5.41, 5.74) is -1.44. The number of hydrogen-bond acceptors (Lipinski definition) is 9. The highest BCUT2D eigenvalue weighted by molar-refractivity contribution is 7.13. The van der Waals surface area contributed by atoms with Gasteiger partial charge in [0.2, 0.25) is 0 Å². The van der Waals surface area contributed by atoms with Gasteiger partial charge in [-0.25, -0.2) is 9.78 Å². The molecule has 5 heterocycles. The normalized spacial score (nSPS) is 20.7. The van der Waals surface area contributed by atoms with Crippen molar-refractivity contribution in [1.29, 1.82) is 0 Å². The van der Waals surface area contributed by atoms with E-state index in [2.05, 4.69) is 14.7 Å². The first-order chi connectivity index (χ1) is 18.2. The number of aromatic nitrogens is 2. The summed E-state index contributed by atoms with van der Waals surface area (Å²) in [7, 11) is 0. The number of piperidine rings is 1. The highest BCUT2D eigenvalue weighted by atomic mass is 32.1. The van der Waals surface area contributed by atoms with Crippen LogP contribution in [0.2, 0.25) is 0 Å². The Hall–Kier alpha value is -3.04. The Balaban J connectivity index is 1.52. The zero-order chi connectivity index (χ0) is 28.3. The molecule has 0 radical (unpaired) electrons. The van der Waals surface area contributed by atoms with E-state index < -0.39 is 42.3 Å². The number of ether oxygens (including phenoxy) is 2. The van der Waals surface area contributed by atoms with E-state index >= 15 is 0 Å². The number of rotatable bonds is 6. The lowest BCUT2D eigenvalue weighted by atomic mass is 9.88. The van der Waals surface area contributed by atoms with Crippen LogP contribution in [0.5, 0.6) is 0 Å². The van der Waals surface area contributed by atoms with Crippen LogP contribution in [0.4, 0.5) is 32.8 Å². The van der Waals surface area contributed by atoms with E-state index in [-0.39, 0.29) is 42.3 Å². The van der Waals surface area contributed by atoms with Crippen molar-refractivity contribution in [3.63, 3.8) is 0 Å². The highest BCUT2D eigenvalue weighted by Crippen LogP contribution is 2.45. The van der Waals surface area contributed by atoms with E-state index in [9.17, 15) is 26.7 Å². The quantitative estimate of drug-likeness (QED) is 0.392. The van der Waals surface area contributed by atoms with Gasteiger partial charge in [0.05, 0.1) is 17.6 Å². The van der Waals surface area contributed by atoms with Crippen LogP contribution in [0.3, 0.4) is 0 Å². The maximum absolute atomic E-state index is 14.0. The van der Waals surface area contributed by atoms with Crippen LogP contribution in [0, 0.1) is 0 Å². The minimum absolute atomic E-state index is 0.0244. The molecule has 6 rings (SSSR count). The molecule has 1 aromatic carbocycles. The van der Waals surface area contributed by atoms with Gasteiger partial charge in [0.1, 0.15) is 22.7 Å². The number of aliphatic hydroxyl groups is 1. The van der Waals surface area contributed by atoms with Crippen molar-refractivity contribution in [2.24, 2.45) is 0 Å². The molecule has 3 aliphatic rings. The second-order valence-electron chi connectivity index (χ2n) is 10.4. The summed E-state index contributed by atoms with van der Waals surface area (Å²) in [5, 5.41) is 10.9. The number of anilines is 1. The van der Waals surface area contributed by atoms with Crippen molar-refractivity contribution in [3.05, 3.63) is 29.3 Å². The Bertz CT molecular complexity index is 1350. The predicted octanol–water partition coefficient (Wildman–Crippen LogP) is 5.35. The molecule has 3 unspecified atom stereocenters. The number of carbonyl (C=O) groups excluding carboxylic acids is 1. The smallest absolute Gasteiger partial charge is 0.419 e. The maximum atomic E-state index is 14.0. The molecule has 212 valence electrons. The fourth-order valence-electron chi connectivity index (χ4n) is 4.78. The Labute approximate surface area is 223 Å². The van der Waals surface area contributed by atoms with Crippen LogP contribution in [-0.2, 0) is 9.47 Å². The van der Waals surface area contributed by atoms with Gasteiger partial charge in [-0.05, 0) is 33.3 Å². The number of oxazole rings is 1. The summed E-state index contributed by atoms with van der Waals surface area (Å²) < 4.78 is 85.0. The highest BCUT2D eigenvalue weighted by Gasteiger charge is 2.51. The van der Waals surface area contributed by atoms with Crippen LogP contribution in [0.1, 0.15) is 38.9 Å². The number of piperazine rings is 1. The fraction of sp³-hybridized carbons (Fsp3) is 0.542. The van der Waals surface area contributed by atoms with Crippen molar-refractivity contribution in [3.8, 4) is 10.6 Å². The van der Waals surface area contributed by atoms with Crippen molar-refractivity contribution >= 4 is 34.5 Å². The Kier molecular flexibility index (Phi) is 6.74. The van der Waals surface area contributed by atoms with Gasteiger partial charge in [-0.1, -0.05) is 6.07 Å². The Morgan fingerprint density at radius 1 is 1.21 bits per heavy atom. The molecular weight excluding hydrogens is 551 g/mol. The number of aliphatic hydroxyl groups excluding tert-OH is 1. The zero-order valence-electron chi connectivity index (χ0n) is 21.0. The van der Waals surface area contributed by atoms with Gasteiger partial charge in [-0.2, -0.15) is 26.9 Å². The maximum Gasteiger partial charge on any atom is 0.419 e. The van der Waals surface area contributed by atoms with E-state index in [1.165, 1.54) is 23.6 Å². The van der Waals surface area contributed by atoms with Crippen molar-refractivity contribution in [2.75, 3.05) is 24.6 Å². The van der Waals surface area contributed by atoms with Crippen molar-refractivity contribution < 1.29 is 45.7 Å². The molecule has 3 fully saturated rings. The van der Waals surface area contributed by atoms with Gasteiger partial charge in [0.15, 0.2) is 11.7 Å². The minimum atomic E-state index is -5.26. The summed E-state index contributed by atoms with van der Waals surface area (Å²) in [6.45, 7) is 3.92. The largest absolute Gasteiger partial charge is 0.444 e. The number of thiazole rings is 1. The number of hydrogen-bond donors (Lipinski definition) is 1. The van der Waals surface area contributed by atoms with Crippen molar-refractivity contribution in [1.82, 2.24) is 14.9 Å². The third-order valence-corrected chi connectivity index (χ3v) is 7.15. The predicted molar refractivity (Wildman–Crippen MR) is 130 cm³/mol. The number of fused-ring (bicyclic) bond motifs is 3. The summed E-state index contributed by atoms with van der Waals surface area (Å²) in [4.78, 5) is 24.4. The number of alkyl halides is 5. The standard InChI is InChI=1S/C24H25F5N4O5S/c1-22(2,3)38-21(35)33-12-8-13(33)10-32(9-12)20-31-16-14(18(24(27,28)29)37-23(25,26)11-34)4-5-15(17(16)36-20)19-30-6-7-39-19/h4-7,12-13,18,34H,8-11H2,1-3H3. The SMILES string of the molecule is CC(C)(C)OC(=O)N1C2CC1CN(c1nc3c(C(OC(F)(F)CO)C(F)(F)F)ccc(-c4nccs4)c3o1)C2. The molecule has 9 nitrogen and oxygen atoms in total. The number of amides is 1. The fourth-order valence-corrected chi connectivity index (χ4v) is 5.44. The number of carbonyl (C=O) groups is 1. The zero-order valence-corrected chi connectivity index (χ0v) is 21.9. The monoisotopic (exact) mass is 576 g/mol. The van der Waals surface area contributed by atoms with E-state index in [1.54, 1.807) is 36.0 Å². The topological polar surface area (TPSA) is 101 Å². The minimum Gasteiger partial charge on any atom is -0.444 e. The molecule has 2 aromatic heterocycles. The molecule has 0 aliphatic carbocycles. The lowest BCUT2D eigenvalue weighted by Gasteiger charge is -2.55. The average molecular weight is 577 g/mol. The number of nitrogens with zero attached hydrogens (tertiary/aromatic N) is 4. The molecule has 3 atom stereocenters. The first kappa shape index (κ1) is 27.5. The van der Waals surface area contributed by atoms with Gasteiger partial charge < -0.3 is 23.9 Å². The molecule has 2 bridgehead atoms. The van der Waals surface area contributed by atoms with Gasteiger partial charge in [-0.3, -0.25) is 4.90 Å². The summed E-state index contributed by atoms with van der Waals surface area (Å²) in [6.07, 6.45) is -11.0. The van der Waals surface area contributed by atoms with Crippen LogP contribution >= 0.6 is 11.3 Å². The van der Waals surface area contributed by atoms with Crippen LogP contribution in [-0.4, -0.2) is 75.7 Å². The van der Waals surface area contributed by atoms with Gasteiger partial charge in [-0.15, -0.1) is 11.3 Å². The first-order valence-electron chi connectivity index (χ1n) is 12.0. The van der Waals surface area contributed by atoms with Crippen LogP contribution < -0.4 is 4.90 Å². The van der Waals surface area contributed by atoms with Crippen LogP contribution in [0.15, 0.2) is 28.1 Å². The second kappa shape index (κ2) is 9.55. The average Bonchev–Trinajstić information content (AvgIpc) is 3.51. The molecule has 0 spiro atoms.